The van der Waals surface area contributed by atoms with E-state index < -0.39 is 47.3 Å². The lowest BCUT2D eigenvalue weighted by Crippen LogP contribution is -2.63. The quantitative estimate of drug-likeness (QED) is 0.377. The molecule has 1 aliphatic heterocycles. The molecule has 9 atom stereocenters. The molecular formula is C34H40N2O7. The van der Waals surface area contributed by atoms with E-state index in [0.29, 0.717) is 25.1 Å². The number of benzene rings is 1. The fraction of sp³-hybridized carbons (Fsp3) is 0.529. The zero-order chi connectivity index (χ0) is 30.3. The van der Waals surface area contributed by atoms with E-state index in [2.05, 4.69) is 6.92 Å². The number of fused-ring (bicyclic) bond motifs is 7. The highest BCUT2D eigenvalue weighted by Gasteiger charge is 2.75. The van der Waals surface area contributed by atoms with Crippen molar-refractivity contribution in [2.45, 2.75) is 76.8 Å². The molecule has 2 heterocycles. The van der Waals surface area contributed by atoms with Crippen LogP contribution in [0.4, 0.5) is 5.69 Å². The molecule has 1 aromatic heterocycles. The van der Waals surface area contributed by atoms with Gasteiger partial charge in [0.15, 0.2) is 23.5 Å². The summed E-state index contributed by atoms with van der Waals surface area (Å²) in [5.74, 6) is -0.355. The van der Waals surface area contributed by atoms with Crippen LogP contribution in [0.1, 0.15) is 62.5 Å². The van der Waals surface area contributed by atoms with Gasteiger partial charge < -0.3 is 35.1 Å². The number of hydrogen-bond acceptors (Lipinski definition) is 8. The summed E-state index contributed by atoms with van der Waals surface area (Å²) in [4.78, 5) is 25.9. The van der Waals surface area contributed by atoms with Gasteiger partial charge in [0.2, 0.25) is 0 Å². The highest BCUT2D eigenvalue weighted by Crippen LogP contribution is 2.70. The van der Waals surface area contributed by atoms with Crippen LogP contribution < -0.4 is 5.73 Å². The summed E-state index contributed by atoms with van der Waals surface area (Å²) in [6, 6.07) is 7.36. The number of nitrogen functional groups attached to an aromatic ring is 1. The fourth-order valence-corrected chi connectivity index (χ4v) is 9.62. The summed E-state index contributed by atoms with van der Waals surface area (Å²) in [5, 5.41) is 31.6. The molecule has 0 amide bonds. The van der Waals surface area contributed by atoms with Crippen LogP contribution in [0.3, 0.4) is 0 Å². The van der Waals surface area contributed by atoms with Crippen molar-refractivity contribution in [1.29, 1.82) is 0 Å². The first-order valence-corrected chi connectivity index (χ1v) is 15.3. The summed E-state index contributed by atoms with van der Waals surface area (Å²) in [7, 11) is 0. The highest BCUT2D eigenvalue weighted by atomic mass is 16.7. The van der Waals surface area contributed by atoms with E-state index in [4.69, 9.17) is 15.2 Å². The standard InChI is InChI=1S/C34H40N2O7/c1-32-9-7-23(39)12-22(32)4-5-24-25-13-29-34(28(41)18-38,33(25,2)14-27(40)30(24)32)43-31(42-29)20-8-10-36(15-20)16-21-11-19(17-37)3-6-26(21)35/h3,6-12,15,24-25,27,29-31,37-38,40H,4-5,13-14,16-18,35H2,1-2H3/t24-,25-,27-,29+,30+,31+,32-,33-,34+/m0/s1. The Bertz CT molecular complexity index is 1540. The molecule has 4 aliphatic carbocycles. The van der Waals surface area contributed by atoms with E-state index in [1.807, 2.05) is 42.1 Å². The molecule has 9 heteroatoms. The van der Waals surface area contributed by atoms with Crippen molar-refractivity contribution in [3.63, 3.8) is 0 Å². The average molecular weight is 589 g/mol. The maximum Gasteiger partial charge on any atom is 0.193 e. The Kier molecular flexibility index (Phi) is 6.65. The number of rotatable bonds is 6. The van der Waals surface area contributed by atoms with Gasteiger partial charge in [0.05, 0.1) is 18.8 Å². The summed E-state index contributed by atoms with van der Waals surface area (Å²) >= 11 is 0. The van der Waals surface area contributed by atoms with E-state index >= 15 is 0 Å². The van der Waals surface area contributed by atoms with Crippen LogP contribution in [0.25, 0.3) is 0 Å². The largest absolute Gasteiger partial charge is 0.398 e. The summed E-state index contributed by atoms with van der Waals surface area (Å²) < 4.78 is 15.2. The zero-order valence-corrected chi connectivity index (χ0v) is 24.6. The minimum atomic E-state index is -1.39. The first-order valence-electron chi connectivity index (χ1n) is 15.3. The summed E-state index contributed by atoms with van der Waals surface area (Å²) in [6.07, 6.45) is 9.55. The van der Waals surface area contributed by atoms with Gasteiger partial charge >= 0.3 is 0 Å². The number of aromatic nitrogens is 1. The number of carbonyl (C=O) groups excluding carboxylic acids is 2. The van der Waals surface area contributed by atoms with Gasteiger partial charge in [-0.15, -0.1) is 0 Å². The van der Waals surface area contributed by atoms with Gasteiger partial charge in [-0.3, -0.25) is 9.59 Å². The zero-order valence-electron chi connectivity index (χ0n) is 24.6. The van der Waals surface area contributed by atoms with Crippen LogP contribution in [-0.2, 0) is 32.2 Å². The Balaban J connectivity index is 1.18. The maximum atomic E-state index is 13.8. The van der Waals surface area contributed by atoms with E-state index in [1.54, 1.807) is 24.3 Å². The molecule has 5 aliphatic rings. The molecular weight excluding hydrogens is 548 g/mol. The molecule has 0 radical (unpaired) electrons. The minimum Gasteiger partial charge on any atom is -0.398 e. The van der Waals surface area contributed by atoms with Crippen molar-refractivity contribution in [2.75, 3.05) is 12.3 Å². The average Bonchev–Trinajstić information content (AvgIpc) is 3.66. The number of aliphatic hydroxyl groups is 3. The fourth-order valence-electron chi connectivity index (χ4n) is 9.62. The second kappa shape index (κ2) is 9.97. The number of hydrogen-bond donors (Lipinski definition) is 4. The van der Waals surface area contributed by atoms with Crippen molar-refractivity contribution in [3.05, 3.63) is 77.2 Å². The lowest BCUT2D eigenvalue weighted by atomic mass is 9.46. The van der Waals surface area contributed by atoms with Crippen LogP contribution >= 0.6 is 0 Å². The van der Waals surface area contributed by atoms with E-state index in [-0.39, 0.29) is 30.1 Å². The van der Waals surface area contributed by atoms with Crippen molar-refractivity contribution < 1.29 is 34.4 Å². The number of nitrogens with zero attached hydrogens (tertiary/aromatic N) is 1. The predicted molar refractivity (Wildman–Crippen MR) is 157 cm³/mol. The second-order valence-corrected chi connectivity index (χ2v) is 13.6. The van der Waals surface area contributed by atoms with Gasteiger partial charge in [0.25, 0.3) is 0 Å². The normalized spacial score (nSPS) is 39.6. The van der Waals surface area contributed by atoms with Gasteiger partial charge in [-0.05, 0) is 79.0 Å². The number of nitrogens with two attached hydrogens (primary N) is 1. The number of Topliss-reactive ketones (excluding diaryl/α,β-unsaturated/α-hetero) is 1. The van der Waals surface area contributed by atoms with Crippen molar-refractivity contribution in [2.24, 2.45) is 28.6 Å². The molecule has 1 saturated heterocycles. The lowest BCUT2D eigenvalue weighted by Gasteiger charge is -2.59. The van der Waals surface area contributed by atoms with Gasteiger partial charge in [-0.25, -0.2) is 0 Å². The van der Waals surface area contributed by atoms with Gasteiger partial charge in [-0.2, -0.15) is 0 Å². The number of carbonyl (C=O) groups is 2. The third kappa shape index (κ3) is 4.02. The molecule has 3 saturated carbocycles. The summed E-state index contributed by atoms with van der Waals surface area (Å²) in [6.45, 7) is 3.90. The molecule has 4 fully saturated rings. The van der Waals surface area contributed by atoms with Crippen molar-refractivity contribution >= 4 is 17.3 Å². The maximum absolute atomic E-state index is 13.8. The monoisotopic (exact) mass is 588 g/mol. The third-order valence-electron chi connectivity index (χ3n) is 11.6. The van der Waals surface area contributed by atoms with Gasteiger partial charge in [-0.1, -0.05) is 31.6 Å². The number of ether oxygens (including phenoxy) is 2. The van der Waals surface area contributed by atoms with Gasteiger partial charge in [0, 0.05) is 46.9 Å². The second-order valence-electron chi connectivity index (χ2n) is 13.6. The van der Waals surface area contributed by atoms with Crippen LogP contribution in [0.2, 0.25) is 0 Å². The molecule has 5 N–H and O–H groups in total. The Morgan fingerprint density at radius 1 is 1.21 bits per heavy atom. The molecule has 2 aromatic rings. The molecule has 7 rings (SSSR count). The Morgan fingerprint density at radius 2 is 2.02 bits per heavy atom. The highest BCUT2D eigenvalue weighted by molar-refractivity contribution is 6.01. The molecule has 43 heavy (non-hydrogen) atoms. The van der Waals surface area contributed by atoms with Crippen LogP contribution in [0, 0.1) is 28.6 Å². The molecule has 1 aromatic carbocycles. The molecule has 0 spiro atoms. The Labute approximate surface area is 251 Å². The van der Waals surface area contributed by atoms with Gasteiger partial charge in [0.1, 0.15) is 6.61 Å². The predicted octanol–water partition coefficient (Wildman–Crippen LogP) is 3.21. The van der Waals surface area contributed by atoms with Crippen LogP contribution in [-0.4, -0.2) is 55.9 Å². The Hall–Kier alpha value is -3.08. The Morgan fingerprint density at radius 3 is 2.79 bits per heavy atom. The van der Waals surface area contributed by atoms with E-state index in [9.17, 15) is 24.9 Å². The van der Waals surface area contributed by atoms with E-state index in [0.717, 1.165) is 35.1 Å². The SMILES string of the molecule is C[C@]12C=CC(=O)C=C1CC[C@@H]1[C@@H]2[C@@H](O)C[C@@]2(C)[C@H]1C[C@H]1O[C@@H](c3ccn(Cc4cc(CO)ccc4N)c3)O[C@]12C(=O)CO. The third-order valence-corrected chi connectivity index (χ3v) is 11.6. The minimum absolute atomic E-state index is 0.00669. The van der Waals surface area contributed by atoms with Crippen molar-refractivity contribution in [3.8, 4) is 0 Å². The van der Waals surface area contributed by atoms with Crippen molar-refractivity contribution in [1.82, 2.24) is 4.57 Å². The number of allylic oxidation sites excluding steroid dienone is 4. The van der Waals surface area contributed by atoms with Crippen LogP contribution in [0.15, 0.2) is 60.5 Å². The molecule has 9 nitrogen and oxygen atoms in total. The van der Waals surface area contributed by atoms with E-state index in [1.165, 1.54) is 0 Å². The number of anilines is 1. The smallest absolute Gasteiger partial charge is 0.193 e. The number of aliphatic hydroxyl groups excluding tert-OH is 3. The van der Waals surface area contributed by atoms with Crippen LogP contribution in [0.5, 0.6) is 0 Å². The molecule has 228 valence electrons. The number of ketones is 2. The molecule has 0 unspecified atom stereocenters. The topological polar surface area (TPSA) is 144 Å². The first-order chi connectivity index (χ1) is 20.5. The first kappa shape index (κ1) is 28.7. The molecule has 0 bridgehead atoms. The lowest BCUT2D eigenvalue weighted by molar-refractivity contribution is -0.201. The summed E-state index contributed by atoms with van der Waals surface area (Å²) in [5.41, 5.74) is 7.74.